The first kappa shape index (κ1) is 21.6. The number of carbonyl (C=O) groups excluding carboxylic acids is 1. The molecular weight excluding hydrogens is 432 g/mol. The van der Waals surface area contributed by atoms with E-state index in [2.05, 4.69) is 41.8 Å². The Balaban J connectivity index is 1.57. The largest absolute Gasteiger partial charge is 0.493 e. The van der Waals surface area contributed by atoms with Crippen LogP contribution >= 0.6 is 11.3 Å². The molecule has 5 nitrogen and oxygen atoms in total. The number of aryl methyl sites for hydroxylation is 1. The molecule has 2 heterocycles. The topological polar surface area (TPSA) is 59.6 Å². The van der Waals surface area contributed by atoms with Gasteiger partial charge in [0.05, 0.1) is 31.6 Å². The summed E-state index contributed by atoms with van der Waals surface area (Å²) in [5.74, 6) is 1.63. The molecule has 2 aromatic carbocycles. The summed E-state index contributed by atoms with van der Waals surface area (Å²) < 4.78 is 10.9. The second-order valence-corrected chi connectivity index (χ2v) is 9.64. The minimum absolute atomic E-state index is 0.0732. The van der Waals surface area contributed by atoms with Crippen molar-refractivity contribution in [3.05, 3.63) is 81.2 Å². The third-order valence-corrected chi connectivity index (χ3v) is 7.80. The quantitative estimate of drug-likeness (QED) is 0.467. The van der Waals surface area contributed by atoms with Crippen molar-refractivity contribution >= 4 is 28.5 Å². The van der Waals surface area contributed by atoms with E-state index in [4.69, 9.17) is 9.47 Å². The molecule has 0 saturated heterocycles. The van der Waals surface area contributed by atoms with E-state index in [1.165, 1.54) is 9.75 Å². The first-order chi connectivity index (χ1) is 16.1. The number of nitrogens with one attached hydrogen (secondary N) is 2. The molecule has 0 spiro atoms. The van der Waals surface area contributed by atoms with Crippen LogP contribution in [0.1, 0.15) is 47.0 Å². The Morgan fingerprint density at radius 3 is 2.48 bits per heavy atom. The molecular formula is C27H28N2O3S. The first-order valence-electron chi connectivity index (χ1n) is 11.3. The number of hydrogen-bond acceptors (Lipinski definition) is 6. The van der Waals surface area contributed by atoms with Gasteiger partial charge in [-0.05, 0) is 60.7 Å². The molecule has 1 aliphatic heterocycles. The van der Waals surface area contributed by atoms with Gasteiger partial charge in [0.2, 0.25) is 0 Å². The number of benzene rings is 2. The lowest BCUT2D eigenvalue weighted by atomic mass is 9.79. The van der Waals surface area contributed by atoms with Crippen LogP contribution in [0.25, 0.3) is 0 Å². The van der Waals surface area contributed by atoms with Gasteiger partial charge in [0, 0.05) is 27.4 Å². The summed E-state index contributed by atoms with van der Waals surface area (Å²) in [7, 11) is 3.27. The summed E-state index contributed by atoms with van der Waals surface area (Å²) >= 11 is 1.78. The molecule has 1 aliphatic carbocycles. The van der Waals surface area contributed by atoms with Crippen molar-refractivity contribution in [1.29, 1.82) is 0 Å². The van der Waals surface area contributed by atoms with Crippen LogP contribution in [0.5, 0.6) is 11.5 Å². The van der Waals surface area contributed by atoms with Gasteiger partial charge in [-0.3, -0.25) is 4.79 Å². The van der Waals surface area contributed by atoms with E-state index < -0.39 is 0 Å². The van der Waals surface area contributed by atoms with Gasteiger partial charge < -0.3 is 20.1 Å². The summed E-state index contributed by atoms with van der Waals surface area (Å²) in [5, 5.41) is 7.27. The predicted molar refractivity (Wildman–Crippen MR) is 134 cm³/mol. The first-order valence-corrected chi connectivity index (χ1v) is 12.1. The van der Waals surface area contributed by atoms with Gasteiger partial charge in [-0.25, -0.2) is 0 Å². The van der Waals surface area contributed by atoms with Gasteiger partial charge in [-0.15, -0.1) is 11.3 Å². The summed E-state index contributed by atoms with van der Waals surface area (Å²) in [5.41, 5.74) is 4.95. The Bertz CT molecular complexity index is 1230. The minimum atomic E-state index is -0.152. The van der Waals surface area contributed by atoms with Gasteiger partial charge in [-0.1, -0.05) is 25.1 Å². The van der Waals surface area contributed by atoms with Gasteiger partial charge in [0.15, 0.2) is 17.3 Å². The lowest BCUT2D eigenvalue weighted by Crippen LogP contribution is -2.26. The molecule has 5 rings (SSSR count). The molecule has 170 valence electrons. The summed E-state index contributed by atoms with van der Waals surface area (Å²) in [6, 6.07) is 18.3. The van der Waals surface area contributed by atoms with Crippen molar-refractivity contribution in [2.75, 3.05) is 24.9 Å². The molecule has 33 heavy (non-hydrogen) atoms. The number of carbonyl (C=O) groups is 1. The van der Waals surface area contributed by atoms with Crippen LogP contribution in [0.2, 0.25) is 0 Å². The predicted octanol–water partition coefficient (Wildman–Crippen LogP) is 6.31. The molecule has 2 aliphatic rings. The average Bonchev–Trinajstić information content (AvgIpc) is 3.25. The molecule has 3 aromatic rings. The van der Waals surface area contributed by atoms with E-state index in [0.29, 0.717) is 17.9 Å². The molecule has 0 bridgehead atoms. The van der Waals surface area contributed by atoms with E-state index in [-0.39, 0.29) is 17.7 Å². The molecule has 0 amide bonds. The Hall–Kier alpha value is -3.25. The van der Waals surface area contributed by atoms with Crippen LogP contribution in [0, 0.1) is 0 Å². The van der Waals surface area contributed by atoms with Gasteiger partial charge >= 0.3 is 0 Å². The fraction of sp³-hybridized carbons (Fsp3) is 0.296. The second-order valence-electron chi connectivity index (χ2n) is 8.44. The number of rotatable bonds is 5. The van der Waals surface area contributed by atoms with Crippen molar-refractivity contribution in [3.63, 3.8) is 0 Å². The lowest BCUT2D eigenvalue weighted by Gasteiger charge is -2.29. The number of thiophene rings is 1. The molecule has 0 fully saturated rings. The highest BCUT2D eigenvalue weighted by Gasteiger charge is 2.36. The zero-order valence-corrected chi connectivity index (χ0v) is 19.9. The highest BCUT2D eigenvalue weighted by atomic mass is 32.1. The van der Waals surface area contributed by atoms with Gasteiger partial charge in [0.1, 0.15) is 0 Å². The molecule has 6 heteroatoms. The number of para-hydroxylation sites is 2. The summed E-state index contributed by atoms with van der Waals surface area (Å²) in [6.07, 6.45) is 2.22. The maximum absolute atomic E-state index is 13.7. The molecule has 1 aromatic heterocycles. The SMILES string of the molecule is CCc1ccc(C2Nc3ccccc3NC3=C2C(=O)CC(c2ccc(OC)c(OC)c2)C3)s1. The Morgan fingerprint density at radius 1 is 0.970 bits per heavy atom. The van der Waals surface area contributed by atoms with Crippen molar-refractivity contribution in [2.24, 2.45) is 0 Å². The molecule has 2 N–H and O–H groups in total. The number of allylic oxidation sites excluding steroid dienone is 1. The molecule has 0 radical (unpaired) electrons. The highest BCUT2D eigenvalue weighted by Crippen LogP contribution is 2.46. The van der Waals surface area contributed by atoms with Crippen molar-refractivity contribution in [1.82, 2.24) is 0 Å². The van der Waals surface area contributed by atoms with E-state index in [0.717, 1.165) is 41.1 Å². The third-order valence-electron chi connectivity index (χ3n) is 6.50. The summed E-state index contributed by atoms with van der Waals surface area (Å²) in [6.45, 7) is 2.16. The van der Waals surface area contributed by atoms with Crippen LogP contribution in [0.3, 0.4) is 0 Å². The fourth-order valence-corrected chi connectivity index (χ4v) is 5.80. The smallest absolute Gasteiger partial charge is 0.163 e. The van der Waals surface area contributed by atoms with Crippen LogP contribution in [0.15, 0.2) is 65.9 Å². The highest BCUT2D eigenvalue weighted by molar-refractivity contribution is 7.12. The minimum Gasteiger partial charge on any atom is -0.493 e. The number of hydrogen-bond donors (Lipinski definition) is 2. The van der Waals surface area contributed by atoms with E-state index in [9.17, 15) is 4.79 Å². The van der Waals surface area contributed by atoms with Crippen LogP contribution < -0.4 is 20.1 Å². The maximum atomic E-state index is 13.7. The normalized spacial score (nSPS) is 19.7. The number of Topliss-reactive ketones (excluding diaryl/α,β-unsaturated/α-hetero) is 1. The zero-order valence-electron chi connectivity index (χ0n) is 19.1. The monoisotopic (exact) mass is 460 g/mol. The standard InChI is InChI=1S/C27H28N2O3S/c1-4-18-10-12-25(33-18)27-26-21(28-19-7-5-6-8-20(19)29-27)13-17(14-22(26)30)16-9-11-23(31-2)24(15-16)32-3/h5-12,15,17,27-29H,4,13-14H2,1-3H3. The Morgan fingerprint density at radius 2 is 1.76 bits per heavy atom. The lowest BCUT2D eigenvalue weighted by molar-refractivity contribution is -0.116. The average molecular weight is 461 g/mol. The Labute approximate surface area is 198 Å². The Kier molecular flexibility index (Phi) is 5.85. The van der Waals surface area contributed by atoms with E-state index in [1.807, 2.05) is 30.3 Å². The number of fused-ring (bicyclic) bond motifs is 1. The van der Waals surface area contributed by atoms with Crippen LogP contribution in [0.4, 0.5) is 11.4 Å². The van der Waals surface area contributed by atoms with Crippen molar-refractivity contribution < 1.29 is 14.3 Å². The number of methoxy groups -OCH3 is 2. The molecule has 0 saturated carbocycles. The van der Waals surface area contributed by atoms with Crippen LogP contribution in [-0.2, 0) is 11.2 Å². The summed E-state index contributed by atoms with van der Waals surface area (Å²) in [4.78, 5) is 16.2. The molecule has 2 unspecified atom stereocenters. The second kappa shape index (κ2) is 8.94. The maximum Gasteiger partial charge on any atom is 0.163 e. The molecule has 2 atom stereocenters. The number of anilines is 2. The zero-order chi connectivity index (χ0) is 22.9. The van der Waals surface area contributed by atoms with Crippen LogP contribution in [-0.4, -0.2) is 20.0 Å². The number of ether oxygens (including phenoxy) is 2. The third kappa shape index (κ3) is 4.00. The number of ketones is 1. The fourth-order valence-electron chi connectivity index (χ4n) is 4.79. The van der Waals surface area contributed by atoms with Gasteiger partial charge in [-0.2, -0.15) is 0 Å². The van der Waals surface area contributed by atoms with Gasteiger partial charge in [0.25, 0.3) is 0 Å². The van der Waals surface area contributed by atoms with E-state index >= 15 is 0 Å². The van der Waals surface area contributed by atoms with E-state index in [1.54, 1.807) is 25.6 Å². The van der Waals surface area contributed by atoms with Crippen molar-refractivity contribution in [2.45, 2.75) is 38.1 Å². The van der Waals surface area contributed by atoms with Crippen molar-refractivity contribution in [3.8, 4) is 11.5 Å².